The van der Waals surface area contributed by atoms with E-state index in [1.54, 1.807) is 0 Å². The average Bonchev–Trinajstić information content (AvgIpc) is 2.77. The molecule has 17 heavy (non-hydrogen) atoms. The normalized spacial score (nSPS) is 18.5. The molecule has 1 atom stereocenters. The number of hydrogen-bond donors (Lipinski definition) is 1. The zero-order valence-corrected chi connectivity index (χ0v) is 12.3. The van der Waals surface area contributed by atoms with Crippen LogP contribution in [-0.4, -0.2) is 0 Å². The number of halogens is 2. The largest absolute Gasteiger partial charge is 0.324 e. The van der Waals surface area contributed by atoms with E-state index in [0.29, 0.717) is 0 Å². The Kier molecular flexibility index (Phi) is 4.89. The second-order valence-electron chi connectivity index (χ2n) is 5.04. The van der Waals surface area contributed by atoms with Gasteiger partial charge in [0.2, 0.25) is 0 Å². The Morgan fingerprint density at radius 1 is 1.29 bits per heavy atom. The van der Waals surface area contributed by atoms with Gasteiger partial charge in [-0.3, -0.25) is 0 Å². The molecule has 0 radical (unpaired) electrons. The summed E-state index contributed by atoms with van der Waals surface area (Å²) in [5.74, 6) is 0.906. The number of nitrogens with two attached hydrogens (primary N) is 1. The van der Waals surface area contributed by atoms with Gasteiger partial charge in [0.25, 0.3) is 0 Å². The number of rotatable bonds is 4. The molecule has 94 valence electrons. The van der Waals surface area contributed by atoms with Gasteiger partial charge >= 0.3 is 0 Å². The first kappa shape index (κ1) is 13.4. The van der Waals surface area contributed by atoms with E-state index >= 15 is 0 Å². The Hall–Kier alpha value is -0.0500. The molecule has 2 rings (SSSR count). The van der Waals surface area contributed by atoms with Gasteiger partial charge in [-0.2, -0.15) is 0 Å². The van der Waals surface area contributed by atoms with Gasteiger partial charge in [0.15, 0.2) is 0 Å². The number of benzene rings is 1. The molecule has 0 bridgehead atoms. The Bertz CT molecular complexity index is 354. The van der Waals surface area contributed by atoms with Crippen LogP contribution in [0.25, 0.3) is 0 Å². The molecule has 2 N–H and O–H groups in total. The zero-order valence-electron chi connectivity index (χ0n) is 9.96. The first-order chi connectivity index (χ1) is 8.15. The lowest BCUT2D eigenvalue weighted by molar-refractivity contribution is 0.454. The molecule has 0 amide bonds. The fraction of sp³-hybridized carbons (Fsp3) is 0.571. The molecule has 3 heteroatoms. The molecule has 0 aliphatic heterocycles. The van der Waals surface area contributed by atoms with Crippen molar-refractivity contribution in [3.05, 3.63) is 33.3 Å². The van der Waals surface area contributed by atoms with Crippen LogP contribution in [0.15, 0.2) is 22.7 Å². The van der Waals surface area contributed by atoms with Crippen LogP contribution in [0, 0.1) is 5.92 Å². The van der Waals surface area contributed by atoms with Gasteiger partial charge in [-0.15, -0.1) is 0 Å². The average molecular weight is 317 g/mol. The van der Waals surface area contributed by atoms with E-state index in [9.17, 15) is 0 Å². The second kappa shape index (κ2) is 6.21. The van der Waals surface area contributed by atoms with Gasteiger partial charge in [-0.05, 0) is 42.5 Å². The summed E-state index contributed by atoms with van der Waals surface area (Å²) in [5.41, 5.74) is 7.37. The molecule has 0 heterocycles. The maximum absolute atomic E-state index is 6.23. The smallest absolute Gasteiger partial charge is 0.0420 e. The zero-order chi connectivity index (χ0) is 12.3. The highest BCUT2D eigenvalue weighted by atomic mass is 79.9. The summed E-state index contributed by atoms with van der Waals surface area (Å²) in [6.07, 6.45) is 7.92. The molecule has 0 aromatic heterocycles. The van der Waals surface area contributed by atoms with E-state index in [4.69, 9.17) is 17.3 Å². The molecule has 1 unspecified atom stereocenters. The first-order valence-electron chi connectivity index (χ1n) is 6.37. The third-order valence-electron chi connectivity index (χ3n) is 3.67. The van der Waals surface area contributed by atoms with Gasteiger partial charge < -0.3 is 5.73 Å². The Morgan fingerprint density at radius 3 is 2.65 bits per heavy atom. The lowest BCUT2D eigenvalue weighted by Gasteiger charge is -2.15. The lowest BCUT2D eigenvalue weighted by atomic mass is 9.95. The Morgan fingerprint density at radius 2 is 2.00 bits per heavy atom. The van der Waals surface area contributed by atoms with Crippen LogP contribution in [-0.2, 0) is 0 Å². The van der Waals surface area contributed by atoms with Crippen LogP contribution in [0.4, 0.5) is 0 Å². The van der Waals surface area contributed by atoms with Crippen LogP contribution < -0.4 is 5.73 Å². The maximum atomic E-state index is 6.23. The van der Waals surface area contributed by atoms with E-state index in [2.05, 4.69) is 22.0 Å². The molecule has 1 fully saturated rings. The van der Waals surface area contributed by atoms with Crippen LogP contribution in [0.5, 0.6) is 0 Å². The van der Waals surface area contributed by atoms with Gasteiger partial charge in [0.05, 0.1) is 0 Å². The molecule has 0 spiro atoms. The predicted molar refractivity (Wildman–Crippen MR) is 77.3 cm³/mol. The monoisotopic (exact) mass is 315 g/mol. The molecule has 1 aromatic rings. The second-order valence-corrected chi connectivity index (χ2v) is 6.39. The van der Waals surface area contributed by atoms with Gasteiger partial charge in [-0.1, -0.05) is 53.2 Å². The summed E-state index contributed by atoms with van der Waals surface area (Å²) >= 11 is 9.49. The van der Waals surface area contributed by atoms with E-state index in [1.165, 1.54) is 32.1 Å². The summed E-state index contributed by atoms with van der Waals surface area (Å²) in [6, 6.07) is 6.07. The SMILES string of the molecule is NC(CCC1CCCC1)c1cc(Cl)cc(Br)c1. The summed E-state index contributed by atoms with van der Waals surface area (Å²) in [6.45, 7) is 0. The molecular weight excluding hydrogens is 298 g/mol. The summed E-state index contributed by atoms with van der Waals surface area (Å²) in [7, 11) is 0. The van der Waals surface area contributed by atoms with Gasteiger partial charge in [-0.25, -0.2) is 0 Å². The van der Waals surface area contributed by atoms with Gasteiger partial charge in [0, 0.05) is 15.5 Å². The van der Waals surface area contributed by atoms with Crippen LogP contribution in [0.1, 0.15) is 50.1 Å². The van der Waals surface area contributed by atoms with Crippen molar-refractivity contribution in [2.24, 2.45) is 11.7 Å². The quantitative estimate of drug-likeness (QED) is 0.824. The molecule has 1 aliphatic rings. The fourth-order valence-electron chi connectivity index (χ4n) is 2.67. The van der Waals surface area contributed by atoms with Crippen molar-refractivity contribution in [3.63, 3.8) is 0 Å². The third kappa shape index (κ3) is 3.97. The Balaban J connectivity index is 1.91. The molecular formula is C14H19BrClN. The highest BCUT2D eigenvalue weighted by Crippen LogP contribution is 2.31. The fourth-order valence-corrected chi connectivity index (χ4v) is 3.56. The van der Waals surface area contributed by atoms with Crippen molar-refractivity contribution in [3.8, 4) is 0 Å². The minimum absolute atomic E-state index is 0.116. The van der Waals surface area contributed by atoms with E-state index in [1.807, 2.05) is 12.1 Å². The van der Waals surface area contributed by atoms with Crippen molar-refractivity contribution >= 4 is 27.5 Å². The molecule has 1 aliphatic carbocycles. The van der Waals surface area contributed by atoms with Gasteiger partial charge in [0.1, 0.15) is 0 Å². The molecule has 1 aromatic carbocycles. The minimum Gasteiger partial charge on any atom is -0.324 e. The summed E-state index contributed by atoms with van der Waals surface area (Å²) in [5, 5.41) is 0.755. The predicted octanol–water partition coefficient (Wildman–Crippen LogP) is 5.07. The van der Waals surface area contributed by atoms with Crippen LogP contribution >= 0.6 is 27.5 Å². The van der Waals surface area contributed by atoms with Crippen LogP contribution in [0.2, 0.25) is 5.02 Å². The molecule has 0 saturated heterocycles. The van der Waals surface area contributed by atoms with Crippen molar-refractivity contribution in [1.82, 2.24) is 0 Å². The third-order valence-corrected chi connectivity index (χ3v) is 4.35. The first-order valence-corrected chi connectivity index (χ1v) is 7.54. The minimum atomic E-state index is 0.116. The van der Waals surface area contributed by atoms with E-state index in [0.717, 1.165) is 27.4 Å². The Labute approximate surface area is 117 Å². The molecule has 1 saturated carbocycles. The highest BCUT2D eigenvalue weighted by molar-refractivity contribution is 9.10. The van der Waals surface area contributed by atoms with E-state index in [-0.39, 0.29) is 6.04 Å². The summed E-state index contributed by atoms with van der Waals surface area (Å²) in [4.78, 5) is 0. The van der Waals surface area contributed by atoms with Crippen molar-refractivity contribution in [2.75, 3.05) is 0 Å². The topological polar surface area (TPSA) is 26.0 Å². The summed E-state index contributed by atoms with van der Waals surface area (Å²) < 4.78 is 1.01. The lowest BCUT2D eigenvalue weighted by Crippen LogP contribution is -2.11. The highest BCUT2D eigenvalue weighted by Gasteiger charge is 2.16. The van der Waals surface area contributed by atoms with Crippen molar-refractivity contribution in [2.45, 2.75) is 44.6 Å². The van der Waals surface area contributed by atoms with Crippen molar-refractivity contribution in [1.29, 1.82) is 0 Å². The standard InChI is InChI=1S/C14H19BrClN/c15-12-7-11(8-13(16)9-12)14(17)6-5-10-3-1-2-4-10/h7-10,14H,1-6,17H2. The maximum Gasteiger partial charge on any atom is 0.0420 e. The van der Waals surface area contributed by atoms with Crippen LogP contribution in [0.3, 0.4) is 0 Å². The number of hydrogen-bond acceptors (Lipinski definition) is 1. The van der Waals surface area contributed by atoms with Crippen molar-refractivity contribution < 1.29 is 0 Å². The molecule has 1 nitrogen and oxygen atoms in total. The van der Waals surface area contributed by atoms with E-state index < -0.39 is 0 Å².